The molecule has 0 saturated carbocycles. The highest BCUT2D eigenvalue weighted by atomic mass is 35.5. The molecule has 1 heterocycles. The van der Waals surface area contributed by atoms with Crippen LogP contribution in [0.5, 0.6) is 0 Å². The number of carbonyl (C=O) groups is 1. The molecule has 0 spiro atoms. The van der Waals surface area contributed by atoms with Crippen LogP contribution in [0.25, 0.3) is 0 Å². The van der Waals surface area contributed by atoms with Crippen LogP contribution in [0.3, 0.4) is 0 Å². The molecule has 1 saturated heterocycles. The fraction of sp³-hybridized carbons (Fsp3) is 0.917. The van der Waals surface area contributed by atoms with Crippen molar-refractivity contribution in [1.82, 2.24) is 10.2 Å². The molecule has 0 aliphatic carbocycles. The summed E-state index contributed by atoms with van der Waals surface area (Å²) in [6.07, 6.45) is 0.0988. The molecular weight excluding hydrogens is 256 g/mol. The average Bonchev–Trinajstić information content (AvgIpc) is 2.21. The number of methoxy groups -OCH3 is 1. The van der Waals surface area contributed by atoms with Gasteiger partial charge in [-0.05, 0) is 20.8 Å². The summed E-state index contributed by atoms with van der Waals surface area (Å²) in [6.45, 7) is 9.05. The number of morpholine rings is 1. The van der Waals surface area contributed by atoms with Gasteiger partial charge in [0.05, 0.1) is 24.9 Å². The van der Waals surface area contributed by atoms with Crippen molar-refractivity contribution in [3.8, 4) is 0 Å². The van der Waals surface area contributed by atoms with Crippen molar-refractivity contribution in [3.05, 3.63) is 0 Å². The maximum atomic E-state index is 12.0. The van der Waals surface area contributed by atoms with Crippen LogP contribution < -0.4 is 5.32 Å². The first-order chi connectivity index (χ1) is 7.94. The molecule has 1 N–H and O–H groups in total. The zero-order chi connectivity index (χ0) is 12.9. The van der Waals surface area contributed by atoms with E-state index in [1.54, 1.807) is 7.11 Å². The van der Waals surface area contributed by atoms with Crippen LogP contribution >= 0.6 is 12.4 Å². The van der Waals surface area contributed by atoms with E-state index in [1.165, 1.54) is 0 Å². The van der Waals surface area contributed by atoms with Gasteiger partial charge >= 0.3 is 0 Å². The summed E-state index contributed by atoms with van der Waals surface area (Å²) in [5.74, 6) is 0.129. The van der Waals surface area contributed by atoms with Gasteiger partial charge in [-0.2, -0.15) is 0 Å². The molecule has 0 bridgehead atoms. The monoisotopic (exact) mass is 280 g/mol. The van der Waals surface area contributed by atoms with Crippen LogP contribution in [0.15, 0.2) is 0 Å². The number of hydrogen-bond donors (Lipinski definition) is 1. The first kappa shape index (κ1) is 17.6. The number of carbonyl (C=O) groups excluding carboxylic acids is 1. The Labute approximate surface area is 116 Å². The smallest absolute Gasteiger partial charge is 0.236 e. The van der Waals surface area contributed by atoms with Crippen LogP contribution in [-0.2, 0) is 14.3 Å². The molecule has 1 unspecified atom stereocenters. The summed E-state index contributed by atoms with van der Waals surface area (Å²) in [5.41, 5.74) is -0.250. The van der Waals surface area contributed by atoms with Crippen molar-refractivity contribution in [2.45, 2.75) is 32.5 Å². The number of ether oxygens (including phenoxy) is 2. The molecule has 0 radical (unpaired) electrons. The molecule has 1 fully saturated rings. The molecular formula is C12H25ClN2O3. The molecule has 1 amide bonds. The van der Waals surface area contributed by atoms with Crippen LogP contribution in [-0.4, -0.2) is 62.4 Å². The minimum atomic E-state index is -0.250. The third kappa shape index (κ3) is 6.00. The first-order valence-electron chi connectivity index (χ1n) is 6.10. The molecule has 1 rings (SSSR count). The fourth-order valence-corrected chi connectivity index (χ4v) is 2.13. The van der Waals surface area contributed by atoms with Crippen LogP contribution in [0.2, 0.25) is 0 Å². The number of nitrogens with zero attached hydrogens (tertiary/aromatic N) is 1. The Morgan fingerprint density at radius 1 is 1.56 bits per heavy atom. The molecule has 1 aliphatic heterocycles. The summed E-state index contributed by atoms with van der Waals surface area (Å²) in [5, 5.41) is 3.07. The Hall–Kier alpha value is -0.360. The highest BCUT2D eigenvalue weighted by Gasteiger charge is 2.33. The lowest BCUT2D eigenvalue weighted by Gasteiger charge is -2.41. The lowest BCUT2D eigenvalue weighted by Crippen LogP contribution is -2.55. The third-order valence-corrected chi connectivity index (χ3v) is 2.68. The van der Waals surface area contributed by atoms with E-state index in [9.17, 15) is 4.79 Å². The Kier molecular flexibility index (Phi) is 7.78. The fourth-order valence-electron chi connectivity index (χ4n) is 2.13. The number of amides is 1. The van der Waals surface area contributed by atoms with Gasteiger partial charge in [0, 0.05) is 26.7 Å². The van der Waals surface area contributed by atoms with Crippen LogP contribution in [0, 0.1) is 0 Å². The van der Waals surface area contributed by atoms with Crippen LogP contribution in [0.1, 0.15) is 20.8 Å². The minimum absolute atomic E-state index is 0. The van der Waals surface area contributed by atoms with E-state index in [2.05, 4.69) is 5.32 Å². The van der Waals surface area contributed by atoms with Crippen molar-refractivity contribution >= 4 is 18.3 Å². The van der Waals surface area contributed by atoms with Gasteiger partial charge in [-0.15, -0.1) is 12.4 Å². The topological polar surface area (TPSA) is 50.8 Å². The maximum Gasteiger partial charge on any atom is 0.236 e. The van der Waals surface area contributed by atoms with Gasteiger partial charge in [-0.25, -0.2) is 0 Å². The van der Waals surface area contributed by atoms with E-state index in [1.807, 2.05) is 25.7 Å². The van der Waals surface area contributed by atoms with E-state index < -0.39 is 0 Å². The zero-order valence-corrected chi connectivity index (χ0v) is 12.5. The van der Waals surface area contributed by atoms with Crippen molar-refractivity contribution in [2.75, 3.05) is 39.9 Å². The lowest BCUT2D eigenvalue weighted by molar-refractivity contribution is -0.157. The highest BCUT2D eigenvalue weighted by Crippen LogP contribution is 2.20. The summed E-state index contributed by atoms with van der Waals surface area (Å²) in [4.78, 5) is 13.8. The summed E-state index contributed by atoms with van der Waals surface area (Å²) >= 11 is 0. The highest BCUT2D eigenvalue weighted by molar-refractivity contribution is 5.85. The molecule has 0 aromatic heterocycles. The molecule has 0 aromatic carbocycles. The van der Waals surface area contributed by atoms with Crippen molar-refractivity contribution in [3.63, 3.8) is 0 Å². The second-order valence-corrected chi connectivity index (χ2v) is 5.13. The van der Waals surface area contributed by atoms with E-state index >= 15 is 0 Å². The molecule has 1 aliphatic rings. The van der Waals surface area contributed by atoms with Crippen molar-refractivity contribution in [1.29, 1.82) is 0 Å². The van der Waals surface area contributed by atoms with E-state index in [-0.39, 0.29) is 30.0 Å². The predicted molar refractivity (Wildman–Crippen MR) is 73.2 cm³/mol. The quantitative estimate of drug-likeness (QED) is 0.752. The molecule has 0 aromatic rings. The molecule has 1 atom stereocenters. The Balaban J connectivity index is 0.00000289. The van der Waals surface area contributed by atoms with Gasteiger partial charge in [0.1, 0.15) is 0 Å². The molecule has 18 heavy (non-hydrogen) atoms. The standard InChI is InChI=1S/C12H24N2O3.ClH/c1-10-8-14(9-12(2,3)17-10)11(15)7-13-5-6-16-4;/h10,13H,5-9H2,1-4H3;1H. The number of hydrogen-bond acceptors (Lipinski definition) is 4. The number of nitrogens with one attached hydrogen (secondary N) is 1. The van der Waals surface area contributed by atoms with Crippen molar-refractivity contribution in [2.24, 2.45) is 0 Å². The van der Waals surface area contributed by atoms with Gasteiger partial charge in [-0.1, -0.05) is 0 Å². The third-order valence-electron chi connectivity index (χ3n) is 2.68. The summed E-state index contributed by atoms with van der Waals surface area (Å²) < 4.78 is 10.7. The van der Waals surface area contributed by atoms with E-state index in [4.69, 9.17) is 9.47 Å². The van der Waals surface area contributed by atoms with Gasteiger partial charge < -0.3 is 19.7 Å². The Morgan fingerprint density at radius 2 is 2.22 bits per heavy atom. The van der Waals surface area contributed by atoms with Gasteiger partial charge in [0.2, 0.25) is 5.91 Å². The molecule has 108 valence electrons. The largest absolute Gasteiger partial charge is 0.383 e. The first-order valence-corrected chi connectivity index (χ1v) is 6.10. The zero-order valence-electron chi connectivity index (χ0n) is 11.7. The molecule has 5 nitrogen and oxygen atoms in total. The second kappa shape index (κ2) is 7.94. The van der Waals surface area contributed by atoms with Crippen molar-refractivity contribution < 1.29 is 14.3 Å². The van der Waals surface area contributed by atoms with E-state index in [0.717, 1.165) is 0 Å². The minimum Gasteiger partial charge on any atom is -0.383 e. The van der Waals surface area contributed by atoms with Crippen LogP contribution in [0.4, 0.5) is 0 Å². The number of halogens is 1. The average molecular weight is 281 g/mol. The normalized spacial score (nSPS) is 22.4. The van der Waals surface area contributed by atoms with Gasteiger partial charge in [0.15, 0.2) is 0 Å². The van der Waals surface area contributed by atoms with Gasteiger partial charge in [-0.3, -0.25) is 4.79 Å². The van der Waals surface area contributed by atoms with E-state index in [0.29, 0.717) is 32.8 Å². The Morgan fingerprint density at radius 3 is 2.78 bits per heavy atom. The van der Waals surface area contributed by atoms with Gasteiger partial charge in [0.25, 0.3) is 0 Å². The Bertz CT molecular complexity index is 262. The maximum absolute atomic E-state index is 12.0. The second-order valence-electron chi connectivity index (χ2n) is 5.13. The summed E-state index contributed by atoms with van der Waals surface area (Å²) in [6, 6.07) is 0. The SMILES string of the molecule is COCCNCC(=O)N1CC(C)OC(C)(C)C1.Cl. The number of rotatable bonds is 5. The summed E-state index contributed by atoms with van der Waals surface area (Å²) in [7, 11) is 1.65. The predicted octanol–water partition coefficient (Wildman–Crippen LogP) is 0.670. The lowest BCUT2D eigenvalue weighted by atomic mass is 10.1. The molecule has 6 heteroatoms.